The van der Waals surface area contributed by atoms with Gasteiger partial charge in [0, 0.05) is 0 Å². The van der Waals surface area contributed by atoms with Crippen LogP contribution >= 0.6 is 15.9 Å². The highest BCUT2D eigenvalue weighted by Gasteiger charge is 2.10. The molecule has 0 bridgehead atoms. The molecule has 0 aromatic carbocycles. The zero-order chi connectivity index (χ0) is 6.69. The molecule has 1 atom stereocenters. The summed E-state index contributed by atoms with van der Waals surface area (Å²) in [6.07, 6.45) is 5.84. The molecule has 2 N–H and O–H groups in total. The summed E-state index contributed by atoms with van der Waals surface area (Å²) in [5.41, 5.74) is 5.50. The standard InChI is InChI=1S/C7H12BrN/c8-7-3-1-6(5-9)2-4-7/h3,6H,1-2,4-5,9H2/t6-/m1/s1. The van der Waals surface area contributed by atoms with Gasteiger partial charge in [0.05, 0.1) is 0 Å². The maximum Gasteiger partial charge on any atom is -0.00458 e. The Morgan fingerprint density at radius 3 is 3.00 bits per heavy atom. The van der Waals surface area contributed by atoms with Crippen LogP contribution in [0.5, 0.6) is 0 Å². The number of allylic oxidation sites excluding steroid dienone is 2. The van der Waals surface area contributed by atoms with Crippen molar-refractivity contribution in [1.82, 2.24) is 0 Å². The van der Waals surface area contributed by atoms with Crippen LogP contribution in [0.3, 0.4) is 0 Å². The largest absolute Gasteiger partial charge is 0.330 e. The van der Waals surface area contributed by atoms with Gasteiger partial charge in [-0.05, 0) is 36.2 Å². The first kappa shape index (κ1) is 7.29. The summed E-state index contributed by atoms with van der Waals surface area (Å²) in [6.45, 7) is 0.844. The summed E-state index contributed by atoms with van der Waals surface area (Å²) in [5, 5.41) is 0. The summed E-state index contributed by atoms with van der Waals surface area (Å²) in [7, 11) is 0. The third-order valence-corrected chi connectivity index (χ3v) is 2.52. The van der Waals surface area contributed by atoms with E-state index in [4.69, 9.17) is 5.73 Å². The fourth-order valence-electron chi connectivity index (χ4n) is 1.07. The average Bonchev–Trinajstić information content (AvgIpc) is 1.90. The molecular weight excluding hydrogens is 178 g/mol. The van der Waals surface area contributed by atoms with Crippen molar-refractivity contribution >= 4 is 15.9 Å². The molecule has 0 heterocycles. The second-order valence-electron chi connectivity index (χ2n) is 2.53. The van der Waals surface area contributed by atoms with E-state index in [-0.39, 0.29) is 0 Å². The Hall–Kier alpha value is 0.180. The van der Waals surface area contributed by atoms with Crippen molar-refractivity contribution in [3.05, 3.63) is 10.6 Å². The molecule has 0 fully saturated rings. The van der Waals surface area contributed by atoms with Crippen LogP contribution in [0.4, 0.5) is 0 Å². The Balaban J connectivity index is 2.36. The minimum absolute atomic E-state index is 0.742. The molecule has 0 aliphatic heterocycles. The van der Waals surface area contributed by atoms with Crippen molar-refractivity contribution in [3.63, 3.8) is 0 Å². The first-order valence-electron chi connectivity index (χ1n) is 3.37. The summed E-state index contributed by atoms with van der Waals surface area (Å²) >= 11 is 3.47. The molecule has 52 valence electrons. The van der Waals surface area contributed by atoms with E-state index in [9.17, 15) is 0 Å². The molecular formula is C7H12BrN. The van der Waals surface area contributed by atoms with Crippen LogP contribution in [0.2, 0.25) is 0 Å². The van der Waals surface area contributed by atoms with E-state index in [0.29, 0.717) is 0 Å². The van der Waals surface area contributed by atoms with Crippen LogP contribution in [-0.2, 0) is 0 Å². The first-order chi connectivity index (χ1) is 4.33. The second-order valence-corrected chi connectivity index (χ2v) is 3.55. The molecule has 0 aromatic rings. The van der Waals surface area contributed by atoms with Crippen LogP contribution in [0, 0.1) is 5.92 Å². The fraction of sp³-hybridized carbons (Fsp3) is 0.714. The lowest BCUT2D eigenvalue weighted by Gasteiger charge is -2.16. The van der Waals surface area contributed by atoms with Gasteiger partial charge >= 0.3 is 0 Å². The van der Waals surface area contributed by atoms with E-state index in [1.165, 1.54) is 17.3 Å². The summed E-state index contributed by atoms with van der Waals surface area (Å²) in [5.74, 6) is 0.742. The van der Waals surface area contributed by atoms with E-state index in [1.807, 2.05) is 0 Å². The Bertz CT molecular complexity index is 120. The monoisotopic (exact) mass is 189 g/mol. The van der Waals surface area contributed by atoms with Crippen LogP contribution < -0.4 is 5.73 Å². The molecule has 1 rings (SSSR count). The molecule has 0 unspecified atom stereocenters. The van der Waals surface area contributed by atoms with Crippen molar-refractivity contribution < 1.29 is 0 Å². The highest BCUT2D eigenvalue weighted by molar-refractivity contribution is 9.11. The number of nitrogens with two attached hydrogens (primary N) is 1. The Morgan fingerprint density at radius 2 is 2.56 bits per heavy atom. The van der Waals surface area contributed by atoms with E-state index in [1.54, 1.807) is 0 Å². The van der Waals surface area contributed by atoms with Gasteiger partial charge in [-0.1, -0.05) is 22.0 Å². The van der Waals surface area contributed by atoms with Gasteiger partial charge in [-0.2, -0.15) is 0 Å². The average molecular weight is 190 g/mol. The van der Waals surface area contributed by atoms with Gasteiger partial charge in [0.1, 0.15) is 0 Å². The topological polar surface area (TPSA) is 26.0 Å². The molecule has 1 aliphatic carbocycles. The number of hydrogen-bond donors (Lipinski definition) is 1. The Kier molecular flexibility index (Phi) is 2.73. The minimum atomic E-state index is 0.742. The van der Waals surface area contributed by atoms with Gasteiger partial charge in [0.15, 0.2) is 0 Å². The third kappa shape index (κ3) is 2.11. The predicted octanol–water partition coefficient (Wildman–Crippen LogP) is 2.02. The second kappa shape index (κ2) is 3.37. The van der Waals surface area contributed by atoms with Crippen LogP contribution in [0.25, 0.3) is 0 Å². The molecule has 0 saturated heterocycles. The molecule has 2 heteroatoms. The van der Waals surface area contributed by atoms with Crippen molar-refractivity contribution in [2.75, 3.05) is 6.54 Å². The van der Waals surface area contributed by atoms with Gasteiger partial charge in [-0.25, -0.2) is 0 Å². The van der Waals surface area contributed by atoms with Gasteiger partial charge in [-0.3, -0.25) is 0 Å². The summed E-state index contributed by atoms with van der Waals surface area (Å²) in [6, 6.07) is 0. The molecule has 0 amide bonds. The van der Waals surface area contributed by atoms with Crippen molar-refractivity contribution in [2.45, 2.75) is 19.3 Å². The minimum Gasteiger partial charge on any atom is -0.330 e. The molecule has 0 aromatic heterocycles. The predicted molar refractivity (Wildman–Crippen MR) is 43.4 cm³/mol. The van der Waals surface area contributed by atoms with E-state index >= 15 is 0 Å². The molecule has 0 saturated carbocycles. The number of rotatable bonds is 1. The van der Waals surface area contributed by atoms with Gasteiger partial charge in [0.25, 0.3) is 0 Å². The van der Waals surface area contributed by atoms with Crippen molar-refractivity contribution in [1.29, 1.82) is 0 Å². The zero-order valence-electron chi connectivity index (χ0n) is 5.44. The summed E-state index contributed by atoms with van der Waals surface area (Å²) in [4.78, 5) is 0. The van der Waals surface area contributed by atoms with Crippen molar-refractivity contribution in [3.8, 4) is 0 Å². The lowest BCUT2D eigenvalue weighted by atomic mass is 9.95. The molecule has 0 spiro atoms. The van der Waals surface area contributed by atoms with Gasteiger partial charge in [0.2, 0.25) is 0 Å². The smallest absolute Gasteiger partial charge is 0.00458 e. The first-order valence-corrected chi connectivity index (χ1v) is 4.17. The van der Waals surface area contributed by atoms with E-state index < -0.39 is 0 Å². The van der Waals surface area contributed by atoms with Gasteiger partial charge < -0.3 is 5.73 Å². The third-order valence-electron chi connectivity index (χ3n) is 1.80. The number of halogens is 1. The maximum atomic E-state index is 5.50. The van der Waals surface area contributed by atoms with E-state index in [2.05, 4.69) is 22.0 Å². The quantitative estimate of drug-likeness (QED) is 0.672. The van der Waals surface area contributed by atoms with Crippen LogP contribution in [0.15, 0.2) is 10.6 Å². The Labute approximate surface area is 64.4 Å². The Morgan fingerprint density at radius 1 is 1.78 bits per heavy atom. The van der Waals surface area contributed by atoms with Gasteiger partial charge in [-0.15, -0.1) is 0 Å². The normalized spacial score (nSPS) is 27.8. The lowest BCUT2D eigenvalue weighted by molar-refractivity contribution is 0.489. The molecule has 9 heavy (non-hydrogen) atoms. The fourth-order valence-corrected chi connectivity index (χ4v) is 1.49. The highest BCUT2D eigenvalue weighted by atomic mass is 79.9. The van der Waals surface area contributed by atoms with Crippen LogP contribution in [-0.4, -0.2) is 6.54 Å². The molecule has 1 aliphatic rings. The molecule has 0 radical (unpaired) electrons. The maximum absolute atomic E-state index is 5.50. The van der Waals surface area contributed by atoms with Crippen molar-refractivity contribution in [2.24, 2.45) is 11.7 Å². The number of hydrogen-bond acceptors (Lipinski definition) is 1. The molecule has 1 nitrogen and oxygen atoms in total. The van der Waals surface area contributed by atoms with Crippen LogP contribution in [0.1, 0.15) is 19.3 Å². The highest BCUT2D eigenvalue weighted by Crippen LogP contribution is 2.25. The lowest BCUT2D eigenvalue weighted by Crippen LogP contribution is -2.15. The zero-order valence-corrected chi connectivity index (χ0v) is 7.02. The SMILES string of the molecule is NC[C@@H]1CC=C(Br)CC1. The van der Waals surface area contributed by atoms with E-state index in [0.717, 1.165) is 18.9 Å². The summed E-state index contributed by atoms with van der Waals surface area (Å²) < 4.78 is 1.35.